The van der Waals surface area contributed by atoms with E-state index in [-0.39, 0.29) is 18.5 Å². The van der Waals surface area contributed by atoms with Crippen LogP contribution in [-0.4, -0.2) is 31.6 Å². The normalized spacial score (nSPS) is 23.7. The van der Waals surface area contributed by atoms with Gasteiger partial charge in [-0.25, -0.2) is 0 Å². The lowest BCUT2D eigenvalue weighted by atomic mass is 9.86. The molecule has 3 rings (SSSR count). The molecular formula is C21H29NO4. The summed E-state index contributed by atoms with van der Waals surface area (Å²) in [6.07, 6.45) is 5.47. The van der Waals surface area contributed by atoms with E-state index in [0.29, 0.717) is 31.4 Å². The van der Waals surface area contributed by atoms with Gasteiger partial charge in [0.1, 0.15) is 12.4 Å². The fourth-order valence-electron chi connectivity index (χ4n) is 4.41. The van der Waals surface area contributed by atoms with Crippen molar-refractivity contribution in [3.8, 4) is 5.75 Å². The Morgan fingerprint density at radius 1 is 1.19 bits per heavy atom. The summed E-state index contributed by atoms with van der Waals surface area (Å²) in [6, 6.07) is 5.99. The maximum atomic E-state index is 11.9. The van der Waals surface area contributed by atoms with Gasteiger partial charge in [-0.1, -0.05) is 24.1 Å². The number of ether oxygens (including phenoxy) is 2. The van der Waals surface area contributed by atoms with E-state index < -0.39 is 0 Å². The van der Waals surface area contributed by atoms with Crippen LogP contribution in [0.2, 0.25) is 0 Å². The second-order valence-electron chi connectivity index (χ2n) is 7.77. The third kappa shape index (κ3) is 4.99. The number of rotatable bonds is 8. The number of aryl methyl sites for hydroxylation is 2. The Bertz CT molecular complexity index is 657. The Kier molecular flexibility index (Phi) is 6.17. The van der Waals surface area contributed by atoms with Gasteiger partial charge in [-0.3, -0.25) is 9.59 Å². The number of carbonyl (C=O) groups excluding carboxylic acids is 2. The zero-order valence-corrected chi connectivity index (χ0v) is 15.8. The van der Waals surface area contributed by atoms with Crippen LogP contribution in [-0.2, 0) is 14.3 Å². The Labute approximate surface area is 155 Å². The monoisotopic (exact) mass is 359 g/mol. The molecule has 0 spiro atoms. The second-order valence-corrected chi connectivity index (χ2v) is 7.77. The van der Waals surface area contributed by atoms with Gasteiger partial charge >= 0.3 is 5.97 Å². The van der Waals surface area contributed by atoms with E-state index in [1.54, 1.807) is 0 Å². The largest absolute Gasteiger partial charge is 0.491 e. The summed E-state index contributed by atoms with van der Waals surface area (Å²) >= 11 is 0. The summed E-state index contributed by atoms with van der Waals surface area (Å²) in [5.74, 6) is 2.28. The van der Waals surface area contributed by atoms with E-state index in [2.05, 4.69) is 11.4 Å². The highest BCUT2D eigenvalue weighted by atomic mass is 16.5. The Morgan fingerprint density at radius 2 is 2.04 bits per heavy atom. The first-order valence-corrected chi connectivity index (χ1v) is 9.63. The summed E-state index contributed by atoms with van der Waals surface area (Å²) < 4.78 is 10.8. The van der Waals surface area contributed by atoms with Crippen LogP contribution in [0.25, 0.3) is 0 Å². The van der Waals surface area contributed by atoms with Gasteiger partial charge in [0.05, 0.1) is 6.54 Å². The van der Waals surface area contributed by atoms with Gasteiger partial charge in [0, 0.05) is 6.42 Å². The highest BCUT2D eigenvalue weighted by Gasteiger charge is 2.40. The Morgan fingerprint density at radius 3 is 2.73 bits per heavy atom. The molecule has 1 amide bonds. The molecule has 5 nitrogen and oxygen atoms in total. The predicted molar refractivity (Wildman–Crippen MR) is 98.9 cm³/mol. The topological polar surface area (TPSA) is 64.6 Å². The molecule has 1 aromatic rings. The molecule has 5 heteroatoms. The first-order chi connectivity index (χ1) is 12.5. The number of benzene rings is 1. The number of esters is 1. The maximum absolute atomic E-state index is 11.9. The molecule has 0 saturated heterocycles. The van der Waals surface area contributed by atoms with Crippen molar-refractivity contribution in [1.82, 2.24) is 5.32 Å². The number of hydrogen-bond donors (Lipinski definition) is 1. The number of hydrogen-bond acceptors (Lipinski definition) is 4. The first-order valence-electron chi connectivity index (χ1n) is 9.63. The lowest BCUT2D eigenvalue weighted by Gasteiger charge is -2.20. The molecule has 1 aromatic carbocycles. The van der Waals surface area contributed by atoms with Crippen LogP contribution in [0.4, 0.5) is 0 Å². The zero-order chi connectivity index (χ0) is 18.5. The van der Waals surface area contributed by atoms with Crippen molar-refractivity contribution in [2.45, 2.75) is 46.0 Å². The van der Waals surface area contributed by atoms with Crippen LogP contribution in [0.1, 0.15) is 43.2 Å². The molecule has 0 aromatic heterocycles. The van der Waals surface area contributed by atoms with E-state index in [1.165, 1.54) is 24.8 Å². The number of amides is 1. The quantitative estimate of drug-likeness (QED) is 0.572. The number of fused-ring (bicyclic) bond motifs is 2. The Balaban J connectivity index is 1.27. The van der Waals surface area contributed by atoms with Crippen molar-refractivity contribution in [2.24, 2.45) is 17.8 Å². The average molecular weight is 359 g/mol. The minimum atomic E-state index is -0.282. The number of carbonyl (C=O) groups is 2. The van der Waals surface area contributed by atoms with Crippen molar-refractivity contribution >= 4 is 11.9 Å². The lowest BCUT2D eigenvalue weighted by Crippen LogP contribution is -2.32. The molecule has 0 aliphatic heterocycles. The van der Waals surface area contributed by atoms with Gasteiger partial charge in [0.15, 0.2) is 6.61 Å². The summed E-state index contributed by atoms with van der Waals surface area (Å²) in [6.45, 7) is 4.60. The molecule has 2 aliphatic rings. The minimum absolute atomic E-state index is 0.205. The highest BCUT2D eigenvalue weighted by molar-refractivity contribution is 5.80. The third-order valence-electron chi connectivity index (χ3n) is 5.69. The minimum Gasteiger partial charge on any atom is -0.491 e. The molecule has 2 saturated carbocycles. The molecule has 0 heterocycles. The van der Waals surface area contributed by atoms with Crippen LogP contribution in [0.15, 0.2) is 18.2 Å². The molecular weight excluding hydrogens is 330 g/mol. The molecule has 2 fully saturated rings. The van der Waals surface area contributed by atoms with E-state index >= 15 is 0 Å². The zero-order valence-electron chi connectivity index (χ0n) is 15.8. The average Bonchev–Trinajstić information content (AvgIpc) is 3.21. The van der Waals surface area contributed by atoms with Gasteiger partial charge in [-0.15, -0.1) is 0 Å². The standard InChI is InChI=1S/C21H29NO4/c1-14-3-6-19(15(2)9-14)25-8-7-22-20(23)13-26-21(24)12-18-11-16-4-5-17(18)10-16/h3,6,9,16-18H,4-5,7-8,10-13H2,1-2H3,(H,22,23)/t16-,17+,18+/m0/s1. The van der Waals surface area contributed by atoms with Gasteiger partial charge < -0.3 is 14.8 Å². The highest BCUT2D eigenvalue weighted by Crippen LogP contribution is 2.49. The molecule has 0 radical (unpaired) electrons. The van der Waals surface area contributed by atoms with Crippen LogP contribution in [0.3, 0.4) is 0 Å². The third-order valence-corrected chi connectivity index (χ3v) is 5.69. The molecule has 26 heavy (non-hydrogen) atoms. The van der Waals surface area contributed by atoms with E-state index in [9.17, 15) is 9.59 Å². The fourth-order valence-corrected chi connectivity index (χ4v) is 4.41. The van der Waals surface area contributed by atoms with Gasteiger partial charge in [-0.2, -0.15) is 0 Å². The second kappa shape index (κ2) is 8.56. The summed E-state index contributed by atoms with van der Waals surface area (Å²) in [5.41, 5.74) is 2.27. The van der Waals surface area contributed by atoms with Crippen molar-refractivity contribution in [2.75, 3.05) is 19.8 Å². The van der Waals surface area contributed by atoms with Crippen molar-refractivity contribution < 1.29 is 19.1 Å². The Hall–Kier alpha value is -2.04. The van der Waals surface area contributed by atoms with Gasteiger partial charge in [0.25, 0.3) is 5.91 Å². The molecule has 0 unspecified atom stereocenters. The van der Waals surface area contributed by atoms with E-state index in [1.807, 2.05) is 26.0 Å². The van der Waals surface area contributed by atoms with E-state index in [0.717, 1.165) is 23.7 Å². The fraction of sp³-hybridized carbons (Fsp3) is 0.619. The maximum Gasteiger partial charge on any atom is 0.306 e. The van der Waals surface area contributed by atoms with Crippen LogP contribution < -0.4 is 10.1 Å². The summed E-state index contributed by atoms with van der Waals surface area (Å²) in [7, 11) is 0. The van der Waals surface area contributed by atoms with Crippen LogP contribution in [0.5, 0.6) is 5.75 Å². The first kappa shape index (κ1) is 18.7. The van der Waals surface area contributed by atoms with E-state index in [4.69, 9.17) is 9.47 Å². The molecule has 1 N–H and O–H groups in total. The lowest BCUT2D eigenvalue weighted by molar-refractivity contribution is -0.149. The van der Waals surface area contributed by atoms with Crippen LogP contribution in [0, 0.1) is 31.6 Å². The molecule has 2 aliphatic carbocycles. The van der Waals surface area contributed by atoms with Gasteiger partial charge in [-0.05, 0) is 62.5 Å². The molecule has 3 atom stereocenters. The predicted octanol–water partition coefficient (Wildman–Crippen LogP) is 3.17. The molecule has 2 bridgehead atoms. The summed E-state index contributed by atoms with van der Waals surface area (Å²) in [4.78, 5) is 23.7. The number of nitrogens with one attached hydrogen (secondary N) is 1. The molecule has 142 valence electrons. The smallest absolute Gasteiger partial charge is 0.306 e. The SMILES string of the molecule is Cc1ccc(OCCNC(=O)COC(=O)C[C@H]2C[C@H]3CC[C@@H]2C3)c(C)c1. The van der Waals surface area contributed by atoms with Gasteiger partial charge in [0.2, 0.25) is 0 Å². The van der Waals surface area contributed by atoms with Crippen LogP contribution >= 0.6 is 0 Å². The van der Waals surface area contributed by atoms with Crippen molar-refractivity contribution in [3.63, 3.8) is 0 Å². The van der Waals surface area contributed by atoms with Crippen molar-refractivity contribution in [1.29, 1.82) is 0 Å². The summed E-state index contributed by atoms with van der Waals surface area (Å²) in [5, 5.41) is 2.72. The van der Waals surface area contributed by atoms with Crippen molar-refractivity contribution in [3.05, 3.63) is 29.3 Å².